The third-order valence-electron chi connectivity index (χ3n) is 2.65. The molecular weight excluding hydrogens is 242 g/mol. The molecule has 1 amide bonds. The molecule has 1 aliphatic rings. The van der Waals surface area contributed by atoms with E-state index in [0.29, 0.717) is 18.7 Å². The first-order valence-corrected chi connectivity index (χ1v) is 6.94. The van der Waals surface area contributed by atoms with E-state index in [9.17, 15) is 13.2 Å². The summed E-state index contributed by atoms with van der Waals surface area (Å²) >= 11 is 0. The molecular formula is C11H13NO4S. The number of sulfone groups is 1. The summed E-state index contributed by atoms with van der Waals surface area (Å²) in [5, 5.41) is 8.78. The van der Waals surface area contributed by atoms with Crippen LogP contribution >= 0.6 is 0 Å². The summed E-state index contributed by atoms with van der Waals surface area (Å²) in [6, 6.07) is 6.44. The van der Waals surface area contributed by atoms with Crippen LogP contribution in [-0.4, -0.2) is 38.3 Å². The largest absolute Gasteiger partial charge is 0.396 e. The fourth-order valence-electron chi connectivity index (χ4n) is 1.87. The zero-order valence-corrected chi connectivity index (χ0v) is 9.98. The molecule has 1 aromatic rings. The lowest BCUT2D eigenvalue weighted by atomic mass is 10.2. The Labute approximate surface area is 99.6 Å². The van der Waals surface area contributed by atoms with Gasteiger partial charge in [0.05, 0.1) is 10.6 Å². The molecule has 0 fully saturated rings. The number of aliphatic hydroxyl groups excluding tert-OH is 1. The number of nitrogens with zero attached hydrogens (tertiary/aromatic N) is 1. The van der Waals surface area contributed by atoms with Gasteiger partial charge in [-0.2, -0.15) is 0 Å². The normalized spacial score (nSPS) is 17.9. The lowest BCUT2D eigenvalue weighted by molar-refractivity contribution is -0.116. The van der Waals surface area contributed by atoms with Crippen molar-refractivity contribution in [1.82, 2.24) is 0 Å². The van der Waals surface area contributed by atoms with Gasteiger partial charge in [-0.1, -0.05) is 12.1 Å². The van der Waals surface area contributed by atoms with Gasteiger partial charge in [-0.25, -0.2) is 8.42 Å². The molecule has 1 aliphatic heterocycles. The average Bonchev–Trinajstić information content (AvgIpc) is 2.28. The molecule has 2 rings (SSSR count). The van der Waals surface area contributed by atoms with Crippen LogP contribution in [0.4, 0.5) is 5.69 Å². The van der Waals surface area contributed by atoms with Gasteiger partial charge in [0.1, 0.15) is 5.75 Å². The Morgan fingerprint density at radius 3 is 2.71 bits per heavy atom. The van der Waals surface area contributed by atoms with Gasteiger partial charge < -0.3 is 10.0 Å². The molecule has 5 nitrogen and oxygen atoms in total. The lowest BCUT2D eigenvalue weighted by Crippen LogP contribution is -2.41. The number of anilines is 1. The number of carbonyl (C=O) groups excluding carboxylic acids is 1. The number of fused-ring (bicyclic) bond motifs is 1. The number of benzene rings is 1. The van der Waals surface area contributed by atoms with Crippen LogP contribution in [0.2, 0.25) is 0 Å². The van der Waals surface area contributed by atoms with E-state index in [4.69, 9.17) is 5.11 Å². The summed E-state index contributed by atoms with van der Waals surface area (Å²) in [7, 11) is -3.50. The Balaban J connectivity index is 2.47. The molecule has 92 valence electrons. The fraction of sp³-hybridized carbons (Fsp3) is 0.364. The van der Waals surface area contributed by atoms with E-state index >= 15 is 0 Å². The Hall–Kier alpha value is -1.40. The second-order valence-electron chi connectivity index (χ2n) is 3.85. The Kier molecular flexibility index (Phi) is 3.17. The molecule has 0 aromatic heterocycles. The van der Waals surface area contributed by atoms with Crippen LogP contribution in [0.15, 0.2) is 29.2 Å². The van der Waals surface area contributed by atoms with Gasteiger partial charge in [-0.15, -0.1) is 0 Å². The van der Waals surface area contributed by atoms with Crippen molar-refractivity contribution in [2.45, 2.75) is 11.3 Å². The molecule has 6 heteroatoms. The number of carbonyl (C=O) groups is 1. The van der Waals surface area contributed by atoms with Crippen molar-refractivity contribution in [2.24, 2.45) is 0 Å². The van der Waals surface area contributed by atoms with Crippen molar-refractivity contribution in [3.63, 3.8) is 0 Å². The predicted molar refractivity (Wildman–Crippen MR) is 62.6 cm³/mol. The van der Waals surface area contributed by atoms with Crippen LogP contribution < -0.4 is 4.90 Å². The van der Waals surface area contributed by atoms with E-state index < -0.39 is 21.5 Å². The standard InChI is InChI=1S/C11H13NO4S/c13-7-3-6-12-9-4-1-2-5-10(9)17(15,16)8-11(12)14/h1-2,4-5,13H,3,6-8H2. The average molecular weight is 255 g/mol. The highest BCUT2D eigenvalue weighted by molar-refractivity contribution is 7.92. The van der Waals surface area contributed by atoms with Crippen LogP contribution in [0.5, 0.6) is 0 Å². The highest BCUT2D eigenvalue weighted by atomic mass is 32.2. The SMILES string of the molecule is O=C1CS(=O)(=O)c2ccccc2N1CCCO. The first-order valence-electron chi connectivity index (χ1n) is 5.29. The zero-order chi connectivity index (χ0) is 12.5. The van der Waals surface area contributed by atoms with Crippen molar-refractivity contribution in [3.05, 3.63) is 24.3 Å². The van der Waals surface area contributed by atoms with Crippen LogP contribution in [0.1, 0.15) is 6.42 Å². The first-order chi connectivity index (χ1) is 8.06. The van der Waals surface area contributed by atoms with E-state index in [1.165, 1.54) is 11.0 Å². The number of amides is 1. The third kappa shape index (κ3) is 2.18. The molecule has 0 spiro atoms. The maximum Gasteiger partial charge on any atom is 0.242 e. The van der Waals surface area contributed by atoms with Crippen molar-refractivity contribution in [2.75, 3.05) is 23.8 Å². The van der Waals surface area contributed by atoms with E-state index in [-0.39, 0.29) is 11.5 Å². The monoisotopic (exact) mass is 255 g/mol. The smallest absolute Gasteiger partial charge is 0.242 e. The van der Waals surface area contributed by atoms with Gasteiger partial charge in [0.25, 0.3) is 0 Å². The maximum atomic E-state index is 11.8. The number of aliphatic hydroxyl groups is 1. The van der Waals surface area contributed by atoms with Gasteiger partial charge in [0.15, 0.2) is 9.84 Å². The van der Waals surface area contributed by atoms with Crippen molar-refractivity contribution < 1.29 is 18.3 Å². The van der Waals surface area contributed by atoms with Crippen molar-refractivity contribution >= 4 is 21.4 Å². The maximum absolute atomic E-state index is 11.8. The Morgan fingerprint density at radius 1 is 1.29 bits per heavy atom. The van der Waals surface area contributed by atoms with Crippen LogP contribution in [0, 0.1) is 0 Å². The molecule has 17 heavy (non-hydrogen) atoms. The Morgan fingerprint density at radius 2 is 2.00 bits per heavy atom. The van der Waals surface area contributed by atoms with Crippen LogP contribution in [0.3, 0.4) is 0 Å². The fourth-order valence-corrected chi connectivity index (χ4v) is 3.29. The molecule has 0 radical (unpaired) electrons. The molecule has 1 aromatic carbocycles. The zero-order valence-electron chi connectivity index (χ0n) is 9.17. The van der Waals surface area contributed by atoms with Gasteiger partial charge in [0.2, 0.25) is 5.91 Å². The molecule has 0 bridgehead atoms. The number of hydrogen-bond donors (Lipinski definition) is 1. The predicted octanol–water partition coefficient (Wildman–Crippen LogP) is 0.189. The van der Waals surface area contributed by atoms with Gasteiger partial charge in [-0.05, 0) is 18.6 Å². The second-order valence-corrected chi connectivity index (χ2v) is 5.81. The summed E-state index contributed by atoms with van der Waals surface area (Å²) in [6.45, 7) is 0.306. The lowest BCUT2D eigenvalue weighted by Gasteiger charge is -2.28. The number of para-hydroxylation sites is 1. The Bertz CT molecular complexity index is 538. The minimum atomic E-state index is -3.50. The van der Waals surface area contributed by atoms with E-state index in [1.54, 1.807) is 18.2 Å². The van der Waals surface area contributed by atoms with Crippen molar-refractivity contribution in [1.29, 1.82) is 0 Å². The molecule has 0 saturated carbocycles. The summed E-state index contributed by atoms with van der Waals surface area (Å²) in [6.07, 6.45) is 0.431. The topological polar surface area (TPSA) is 74.7 Å². The molecule has 0 aliphatic carbocycles. The summed E-state index contributed by atoms with van der Waals surface area (Å²) in [4.78, 5) is 13.4. The molecule has 0 unspecified atom stereocenters. The summed E-state index contributed by atoms with van der Waals surface area (Å²) in [5.41, 5.74) is 0.414. The first kappa shape index (κ1) is 12.1. The van der Waals surface area contributed by atoms with Crippen LogP contribution in [0.25, 0.3) is 0 Å². The molecule has 0 saturated heterocycles. The van der Waals surface area contributed by atoms with E-state index in [0.717, 1.165) is 0 Å². The van der Waals surface area contributed by atoms with Gasteiger partial charge >= 0.3 is 0 Å². The molecule has 0 atom stereocenters. The highest BCUT2D eigenvalue weighted by Crippen LogP contribution is 2.30. The number of rotatable bonds is 3. The van der Waals surface area contributed by atoms with Gasteiger partial charge in [-0.3, -0.25) is 4.79 Å². The summed E-state index contributed by atoms with van der Waals surface area (Å²) in [5.74, 6) is -0.924. The second kappa shape index (κ2) is 4.46. The molecule has 1 heterocycles. The minimum absolute atomic E-state index is 0.0291. The third-order valence-corrected chi connectivity index (χ3v) is 4.29. The quantitative estimate of drug-likeness (QED) is 0.836. The molecule has 1 N–H and O–H groups in total. The number of hydrogen-bond acceptors (Lipinski definition) is 4. The van der Waals surface area contributed by atoms with Crippen LogP contribution in [-0.2, 0) is 14.6 Å². The van der Waals surface area contributed by atoms with E-state index in [1.807, 2.05) is 0 Å². The van der Waals surface area contributed by atoms with Gasteiger partial charge in [0, 0.05) is 13.2 Å². The van der Waals surface area contributed by atoms with E-state index in [2.05, 4.69) is 0 Å². The summed E-state index contributed by atoms with van der Waals surface area (Å²) < 4.78 is 23.6. The highest BCUT2D eigenvalue weighted by Gasteiger charge is 2.33. The van der Waals surface area contributed by atoms with Crippen molar-refractivity contribution in [3.8, 4) is 0 Å². The minimum Gasteiger partial charge on any atom is -0.396 e.